The van der Waals surface area contributed by atoms with Gasteiger partial charge in [-0.05, 0) is 65.5 Å². The van der Waals surface area contributed by atoms with Gasteiger partial charge in [-0.3, -0.25) is 4.79 Å². The highest BCUT2D eigenvalue weighted by atomic mass is 28.4. The lowest BCUT2D eigenvalue weighted by Crippen LogP contribution is -2.59. The van der Waals surface area contributed by atoms with E-state index in [-0.39, 0.29) is 22.9 Å². The number of allylic oxidation sites excluding steroid dienone is 2. The second-order valence-electron chi connectivity index (χ2n) is 13.0. The minimum atomic E-state index is -2.00. The molecule has 198 valence electrons. The summed E-state index contributed by atoms with van der Waals surface area (Å²) in [4.78, 5) is 12.9. The summed E-state index contributed by atoms with van der Waals surface area (Å²) in [5.74, 6) is 0.406. The first-order chi connectivity index (χ1) is 16.3. The topological polar surface area (TPSA) is 68.5 Å². The van der Waals surface area contributed by atoms with Gasteiger partial charge in [-0.15, -0.1) is 0 Å². The normalized spacial score (nSPS) is 39.0. The Morgan fingerprint density at radius 1 is 1.11 bits per heavy atom. The molecule has 6 heteroatoms. The van der Waals surface area contributed by atoms with Crippen molar-refractivity contribution in [1.82, 2.24) is 0 Å². The zero-order valence-electron chi connectivity index (χ0n) is 23.8. The van der Waals surface area contributed by atoms with Crippen LogP contribution in [-0.4, -0.2) is 41.2 Å². The number of nitriles is 1. The van der Waals surface area contributed by atoms with Gasteiger partial charge in [0.2, 0.25) is 8.32 Å². The van der Waals surface area contributed by atoms with Crippen molar-refractivity contribution in [3.63, 3.8) is 0 Å². The third kappa shape index (κ3) is 4.05. The fourth-order valence-corrected chi connectivity index (χ4v) is 14.7. The molecule has 1 unspecified atom stereocenters. The summed E-state index contributed by atoms with van der Waals surface area (Å²) in [5, 5.41) is 10.2. The highest BCUT2D eigenvalue weighted by Crippen LogP contribution is 2.70. The summed E-state index contributed by atoms with van der Waals surface area (Å²) in [6.07, 6.45) is 7.96. The Morgan fingerprint density at radius 2 is 1.71 bits per heavy atom. The molecule has 0 aliphatic heterocycles. The molecule has 0 saturated heterocycles. The number of rotatable bonds is 8. The van der Waals surface area contributed by atoms with Crippen LogP contribution in [0, 0.1) is 45.3 Å². The summed E-state index contributed by atoms with van der Waals surface area (Å²) in [7, 11) is 1.14. The lowest BCUT2D eigenvalue weighted by Gasteiger charge is -2.61. The van der Waals surface area contributed by atoms with Gasteiger partial charge < -0.3 is 13.9 Å². The smallest absolute Gasteiger partial charge is 0.326 e. The van der Waals surface area contributed by atoms with Crippen molar-refractivity contribution in [1.29, 1.82) is 5.26 Å². The van der Waals surface area contributed by atoms with E-state index in [2.05, 4.69) is 73.6 Å². The zero-order valence-corrected chi connectivity index (χ0v) is 24.8. The van der Waals surface area contributed by atoms with Crippen molar-refractivity contribution in [3.05, 3.63) is 12.2 Å². The maximum atomic E-state index is 12.9. The van der Waals surface area contributed by atoms with Crippen LogP contribution in [0.1, 0.15) is 81.1 Å². The van der Waals surface area contributed by atoms with Crippen molar-refractivity contribution in [3.8, 4) is 6.07 Å². The second kappa shape index (κ2) is 9.95. The molecule has 0 aromatic heterocycles. The maximum absolute atomic E-state index is 12.9. The minimum absolute atomic E-state index is 0.0773. The quantitative estimate of drug-likeness (QED) is 0.205. The SMILES string of the molecule is COC[C@@]12C[C@@](C#N)(C(=O)OC)C[C@@H]1C=CC1[C@H](C)[C@@H](O[Si](C(C)C)(C(C)C)C(C)C)CC[C@@]12C. The van der Waals surface area contributed by atoms with Gasteiger partial charge in [-0.25, -0.2) is 0 Å². The molecule has 2 saturated carbocycles. The Balaban J connectivity index is 2.01. The monoisotopic (exact) mass is 503 g/mol. The fraction of sp³-hybridized carbons (Fsp3) is 0.862. The Morgan fingerprint density at radius 3 is 2.20 bits per heavy atom. The Hall–Kier alpha value is -1.16. The number of nitrogens with zero attached hydrogens (tertiary/aromatic N) is 1. The van der Waals surface area contributed by atoms with Crippen molar-refractivity contribution in [2.45, 2.75) is 104 Å². The maximum Gasteiger partial charge on any atom is 0.326 e. The number of fused-ring (bicyclic) bond motifs is 3. The van der Waals surface area contributed by atoms with E-state index in [1.807, 2.05) is 0 Å². The number of carbonyl (C=O) groups excluding carboxylic acids is 1. The number of hydrogen-bond donors (Lipinski definition) is 0. The molecule has 0 aromatic rings. The number of hydrogen-bond acceptors (Lipinski definition) is 5. The van der Waals surface area contributed by atoms with Crippen LogP contribution < -0.4 is 0 Å². The largest absolute Gasteiger partial charge is 0.468 e. The molecule has 35 heavy (non-hydrogen) atoms. The van der Waals surface area contributed by atoms with Crippen LogP contribution in [0.4, 0.5) is 0 Å². The van der Waals surface area contributed by atoms with Gasteiger partial charge in [0, 0.05) is 18.6 Å². The molecule has 0 radical (unpaired) electrons. The van der Waals surface area contributed by atoms with E-state index in [4.69, 9.17) is 13.9 Å². The molecule has 0 bridgehead atoms. The molecule has 3 aliphatic rings. The average Bonchev–Trinajstić information content (AvgIpc) is 3.14. The molecule has 0 heterocycles. The first-order valence-electron chi connectivity index (χ1n) is 13.7. The van der Waals surface area contributed by atoms with Crippen LogP contribution >= 0.6 is 0 Å². The number of esters is 1. The van der Waals surface area contributed by atoms with Crippen LogP contribution in [0.15, 0.2) is 12.2 Å². The Labute approximate surface area is 215 Å². The van der Waals surface area contributed by atoms with E-state index in [1.165, 1.54) is 7.11 Å². The standard InChI is InChI=1S/C29H49NO4Si/c1-19(2)35(20(3)4,21(5)6)34-25-13-14-27(8)24(22(25)7)12-11-23-15-28(17-30,26(31)33-10)16-29(23,27)18-32-9/h11-12,19-25H,13-16,18H2,1-10H3/t22-,23-,24?,25-,27-,28-,29-/m0/s1. The highest BCUT2D eigenvalue weighted by molar-refractivity contribution is 6.77. The van der Waals surface area contributed by atoms with E-state index < -0.39 is 19.7 Å². The molecule has 0 aromatic carbocycles. The number of ether oxygens (including phenoxy) is 2. The first kappa shape index (κ1) is 28.4. The predicted octanol–water partition coefficient (Wildman–Crippen LogP) is 6.90. The van der Waals surface area contributed by atoms with Crippen LogP contribution in [0.2, 0.25) is 16.6 Å². The molecule has 3 rings (SSSR count). The van der Waals surface area contributed by atoms with Crippen LogP contribution in [-0.2, 0) is 18.7 Å². The Kier molecular flexibility index (Phi) is 8.08. The summed E-state index contributed by atoms with van der Waals surface area (Å²) < 4.78 is 18.4. The molecule has 2 fully saturated rings. The Bertz CT molecular complexity index is 841. The molecule has 3 aliphatic carbocycles. The summed E-state index contributed by atoms with van der Waals surface area (Å²) >= 11 is 0. The molecular formula is C29H49NO4Si. The minimum Gasteiger partial charge on any atom is -0.468 e. The van der Waals surface area contributed by atoms with Gasteiger partial charge in [0.05, 0.1) is 19.8 Å². The molecular weight excluding hydrogens is 454 g/mol. The van der Waals surface area contributed by atoms with Crippen LogP contribution in [0.25, 0.3) is 0 Å². The van der Waals surface area contributed by atoms with Gasteiger partial charge >= 0.3 is 5.97 Å². The molecule has 0 spiro atoms. The van der Waals surface area contributed by atoms with Gasteiger partial charge in [-0.2, -0.15) is 5.26 Å². The first-order valence-corrected chi connectivity index (χ1v) is 15.8. The van der Waals surface area contributed by atoms with E-state index in [1.54, 1.807) is 7.11 Å². The fourth-order valence-electron chi connectivity index (χ4n) is 8.99. The third-order valence-corrected chi connectivity index (χ3v) is 16.8. The number of methoxy groups -OCH3 is 2. The van der Waals surface area contributed by atoms with Crippen LogP contribution in [0.5, 0.6) is 0 Å². The molecule has 5 nitrogen and oxygen atoms in total. The lowest BCUT2D eigenvalue weighted by molar-refractivity contribution is -0.153. The van der Waals surface area contributed by atoms with Gasteiger partial charge in [0.15, 0.2) is 5.41 Å². The third-order valence-electron chi connectivity index (χ3n) is 10.7. The molecule has 0 N–H and O–H groups in total. The highest BCUT2D eigenvalue weighted by Gasteiger charge is 2.69. The van der Waals surface area contributed by atoms with Crippen molar-refractivity contribution in [2.75, 3.05) is 20.8 Å². The summed E-state index contributed by atoms with van der Waals surface area (Å²) in [5.41, 5.74) is 0.214. The summed E-state index contributed by atoms with van der Waals surface area (Å²) in [6.45, 7) is 19.4. The van der Waals surface area contributed by atoms with E-state index in [9.17, 15) is 10.1 Å². The van der Waals surface area contributed by atoms with E-state index in [0.29, 0.717) is 47.9 Å². The van der Waals surface area contributed by atoms with Crippen molar-refractivity contribution >= 4 is 14.3 Å². The van der Waals surface area contributed by atoms with Gasteiger partial charge in [0.1, 0.15) is 0 Å². The number of carbonyl (C=O) groups is 1. The van der Waals surface area contributed by atoms with E-state index >= 15 is 0 Å². The van der Waals surface area contributed by atoms with Crippen molar-refractivity contribution in [2.24, 2.45) is 34.0 Å². The van der Waals surface area contributed by atoms with Crippen molar-refractivity contribution < 1.29 is 18.7 Å². The average molecular weight is 504 g/mol. The summed E-state index contributed by atoms with van der Waals surface area (Å²) in [6, 6.07) is 2.39. The molecule has 0 amide bonds. The van der Waals surface area contributed by atoms with Crippen LogP contribution in [0.3, 0.4) is 0 Å². The lowest BCUT2D eigenvalue weighted by atomic mass is 9.45. The van der Waals surface area contributed by atoms with Gasteiger partial charge in [0.25, 0.3) is 0 Å². The van der Waals surface area contributed by atoms with Gasteiger partial charge in [-0.1, -0.05) is 67.5 Å². The zero-order chi connectivity index (χ0) is 26.4. The van der Waals surface area contributed by atoms with E-state index in [0.717, 1.165) is 12.8 Å². The second-order valence-corrected chi connectivity index (χ2v) is 18.4. The predicted molar refractivity (Wildman–Crippen MR) is 142 cm³/mol. The molecule has 7 atom stereocenters.